The van der Waals surface area contributed by atoms with Crippen molar-refractivity contribution >= 4 is 10.0 Å². The van der Waals surface area contributed by atoms with Crippen molar-refractivity contribution in [2.24, 2.45) is 0 Å². The lowest BCUT2D eigenvalue weighted by molar-refractivity contribution is -0.0389. The third kappa shape index (κ3) is 3.85. The first-order valence-electron chi connectivity index (χ1n) is 7.74. The third-order valence-electron chi connectivity index (χ3n) is 4.50. The summed E-state index contributed by atoms with van der Waals surface area (Å²) in [6.07, 6.45) is 1.94. The summed E-state index contributed by atoms with van der Waals surface area (Å²) < 4.78 is 37.4. The molecule has 0 bridgehead atoms. The lowest BCUT2D eigenvalue weighted by Crippen LogP contribution is -2.48. The van der Waals surface area contributed by atoms with E-state index in [2.05, 4.69) is 0 Å². The summed E-state index contributed by atoms with van der Waals surface area (Å²) in [5, 5.41) is 10.5. The van der Waals surface area contributed by atoms with Gasteiger partial charge >= 0.3 is 0 Å². The van der Waals surface area contributed by atoms with Crippen molar-refractivity contribution in [1.82, 2.24) is 4.31 Å². The van der Waals surface area contributed by atoms with Crippen molar-refractivity contribution in [3.05, 3.63) is 24.3 Å². The fourth-order valence-corrected chi connectivity index (χ4v) is 4.48. The first-order chi connectivity index (χ1) is 10.9. The van der Waals surface area contributed by atoms with Crippen LogP contribution in [-0.4, -0.2) is 57.3 Å². The molecular weight excluding hydrogens is 318 g/mol. The molecule has 1 aromatic carbocycles. The van der Waals surface area contributed by atoms with E-state index in [0.29, 0.717) is 12.2 Å². The Labute approximate surface area is 138 Å². The lowest BCUT2D eigenvalue weighted by Gasteiger charge is -2.32. The number of aliphatic hydroxyl groups is 1. The summed E-state index contributed by atoms with van der Waals surface area (Å²) in [5.74, 6) is 0.482. The van der Waals surface area contributed by atoms with E-state index >= 15 is 0 Å². The normalized spacial score (nSPS) is 26.0. The monoisotopic (exact) mass is 343 g/mol. The van der Waals surface area contributed by atoms with E-state index in [4.69, 9.17) is 9.47 Å². The van der Waals surface area contributed by atoms with Gasteiger partial charge in [-0.05, 0) is 25.0 Å². The summed E-state index contributed by atoms with van der Waals surface area (Å²) in [5.41, 5.74) is 0. The molecule has 1 aromatic rings. The van der Waals surface area contributed by atoms with Crippen molar-refractivity contribution in [1.29, 1.82) is 0 Å². The Hall–Kier alpha value is -1.15. The fourth-order valence-electron chi connectivity index (χ4n) is 3.05. The van der Waals surface area contributed by atoms with Crippen LogP contribution < -0.4 is 4.74 Å². The van der Waals surface area contributed by atoms with E-state index in [9.17, 15) is 13.5 Å². The van der Waals surface area contributed by atoms with Crippen LogP contribution in [0, 0.1) is 0 Å². The van der Waals surface area contributed by atoms with Crippen LogP contribution in [0.1, 0.15) is 25.7 Å². The number of hydrogen-bond donors (Lipinski definition) is 1. The van der Waals surface area contributed by atoms with Crippen LogP contribution in [0.15, 0.2) is 29.2 Å². The van der Waals surface area contributed by atoms with Gasteiger partial charge in [0, 0.05) is 20.2 Å². The van der Waals surface area contributed by atoms with Crippen LogP contribution in [0.5, 0.6) is 5.75 Å². The Kier molecular flexibility index (Phi) is 6.02. The van der Waals surface area contributed by atoms with Gasteiger partial charge in [0.15, 0.2) is 0 Å². The summed E-state index contributed by atoms with van der Waals surface area (Å²) in [7, 11) is 0.843. The summed E-state index contributed by atoms with van der Waals surface area (Å²) in [4.78, 5) is 0.157. The number of hydrogen-bond acceptors (Lipinski definition) is 5. The van der Waals surface area contributed by atoms with Gasteiger partial charge in [0.05, 0.1) is 30.3 Å². The molecule has 1 N–H and O–H groups in total. The van der Waals surface area contributed by atoms with Crippen molar-refractivity contribution in [2.45, 2.75) is 48.8 Å². The Morgan fingerprint density at radius 3 is 2.57 bits per heavy atom. The SMILES string of the molecule is COc1cccc(S(=O)(=O)N(C)[C@@H]2CCCC[C@@H](OC)[C@@H]2O)c1. The lowest BCUT2D eigenvalue weighted by atomic mass is 10.0. The smallest absolute Gasteiger partial charge is 0.243 e. The van der Waals surface area contributed by atoms with Gasteiger partial charge in [-0.3, -0.25) is 0 Å². The molecule has 7 heteroatoms. The minimum atomic E-state index is -3.71. The molecule has 0 amide bonds. The highest BCUT2D eigenvalue weighted by Crippen LogP contribution is 2.28. The number of sulfonamides is 1. The number of rotatable bonds is 5. The minimum Gasteiger partial charge on any atom is -0.497 e. The van der Waals surface area contributed by atoms with Gasteiger partial charge in [-0.15, -0.1) is 0 Å². The molecule has 0 aromatic heterocycles. The number of aliphatic hydroxyl groups excluding tert-OH is 1. The second-order valence-electron chi connectivity index (χ2n) is 5.82. The number of likely N-dealkylation sites (N-methyl/N-ethyl adjacent to an activating group) is 1. The quantitative estimate of drug-likeness (QED) is 0.823. The molecule has 130 valence electrons. The molecule has 0 aliphatic heterocycles. The van der Waals surface area contributed by atoms with Gasteiger partial charge < -0.3 is 14.6 Å². The highest BCUT2D eigenvalue weighted by molar-refractivity contribution is 7.89. The van der Waals surface area contributed by atoms with E-state index in [1.807, 2.05) is 0 Å². The molecule has 0 heterocycles. The summed E-state index contributed by atoms with van der Waals surface area (Å²) in [6.45, 7) is 0. The molecule has 0 saturated heterocycles. The zero-order valence-electron chi connectivity index (χ0n) is 13.8. The first-order valence-corrected chi connectivity index (χ1v) is 9.18. The summed E-state index contributed by atoms with van der Waals surface area (Å²) in [6, 6.07) is 5.86. The predicted octanol–water partition coefficient (Wildman–Crippen LogP) is 1.63. The molecule has 1 aliphatic carbocycles. The van der Waals surface area contributed by atoms with Crippen LogP contribution in [-0.2, 0) is 14.8 Å². The standard InChI is InChI=1S/C16H25NO5S/c1-17(14-9-4-5-10-15(22-3)16(14)18)23(19,20)13-8-6-7-12(11-13)21-2/h6-8,11,14-16,18H,4-5,9-10H2,1-3H3/t14-,15-,16-/m1/s1. The van der Waals surface area contributed by atoms with Gasteiger partial charge in [0.1, 0.15) is 5.75 Å². The highest BCUT2D eigenvalue weighted by atomic mass is 32.2. The maximum Gasteiger partial charge on any atom is 0.243 e. The van der Waals surface area contributed by atoms with Gasteiger partial charge in [-0.25, -0.2) is 8.42 Å². The van der Waals surface area contributed by atoms with Crippen molar-refractivity contribution < 1.29 is 23.0 Å². The largest absolute Gasteiger partial charge is 0.497 e. The van der Waals surface area contributed by atoms with E-state index < -0.39 is 22.2 Å². The van der Waals surface area contributed by atoms with Crippen LogP contribution in [0.2, 0.25) is 0 Å². The maximum atomic E-state index is 12.9. The molecule has 1 aliphatic rings. The van der Waals surface area contributed by atoms with Gasteiger partial charge in [0.2, 0.25) is 10.0 Å². The third-order valence-corrected chi connectivity index (χ3v) is 6.38. The van der Waals surface area contributed by atoms with E-state index in [-0.39, 0.29) is 11.0 Å². The Balaban J connectivity index is 2.30. The number of ether oxygens (including phenoxy) is 2. The van der Waals surface area contributed by atoms with Crippen molar-refractivity contribution in [3.63, 3.8) is 0 Å². The number of nitrogens with zero attached hydrogens (tertiary/aromatic N) is 1. The molecule has 3 atom stereocenters. The minimum absolute atomic E-state index is 0.157. The molecule has 1 saturated carbocycles. The predicted molar refractivity (Wildman–Crippen MR) is 87.0 cm³/mol. The van der Waals surface area contributed by atoms with Crippen LogP contribution >= 0.6 is 0 Å². The van der Waals surface area contributed by atoms with Gasteiger partial charge in [-0.1, -0.05) is 18.9 Å². The molecule has 0 spiro atoms. The molecule has 0 radical (unpaired) electrons. The van der Waals surface area contributed by atoms with Crippen LogP contribution in [0.3, 0.4) is 0 Å². The zero-order chi connectivity index (χ0) is 17.0. The molecular formula is C16H25NO5S. The second-order valence-corrected chi connectivity index (χ2v) is 7.81. The maximum absolute atomic E-state index is 12.9. The van der Waals surface area contributed by atoms with Crippen molar-refractivity contribution in [2.75, 3.05) is 21.3 Å². The highest BCUT2D eigenvalue weighted by Gasteiger charge is 2.37. The average molecular weight is 343 g/mol. The van der Waals surface area contributed by atoms with Crippen LogP contribution in [0.25, 0.3) is 0 Å². The van der Waals surface area contributed by atoms with E-state index in [1.54, 1.807) is 19.2 Å². The second kappa shape index (κ2) is 7.61. The Bertz CT molecular complexity index is 619. The summed E-state index contributed by atoms with van der Waals surface area (Å²) >= 11 is 0. The molecule has 1 fully saturated rings. The topological polar surface area (TPSA) is 76.1 Å². The van der Waals surface area contributed by atoms with Gasteiger partial charge in [0.25, 0.3) is 0 Å². The molecule has 23 heavy (non-hydrogen) atoms. The first kappa shape index (κ1) is 18.2. The molecule has 2 rings (SSSR count). The van der Waals surface area contributed by atoms with E-state index in [1.165, 1.54) is 30.6 Å². The number of benzene rings is 1. The zero-order valence-corrected chi connectivity index (χ0v) is 14.6. The van der Waals surface area contributed by atoms with Crippen LogP contribution in [0.4, 0.5) is 0 Å². The fraction of sp³-hybridized carbons (Fsp3) is 0.625. The van der Waals surface area contributed by atoms with Crippen molar-refractivity contribution in [3.8, 4) is 5.75 Å². The Morgan fingerprint density at radius 1 is 1.22 bits per heavy atom. The molecule has 0 unspecified atom stereocenters. The Morgan fingerprint density at radius 2 is 1.91 bits per heavy atom. The number of methoxy groups -OCH3 is 2. The van der Waals surface area contributed by atoms with Gasteiger partial charge in [-0.2, -0.15) is 4.31 Å². The van der Waals surface area contributed by atoms with E-state index in [0.717, 1.165) is 19.3 Å². The average Bonchev–Trinajstić information content (AvgIpc) is 2.75. The molecule has 6 nitrogen and oxygen atoms in total.